The lowest BCUT2D eigenvalue weighted by Gasteiger charge is -2.14. The molecule has 4 nitrogen and oxygen atoms in total. The topological polar surface area (TPSA) is 49.4 Å². The summed E-state index contributed by atoms with van der Waals surface area (Å²) < 4.78 is 35.4. The number of hydrogen-bond donors (Lipinski definition) is 1. The minimum Gasteiger partial charge on any atom is -0.301 e. The lowest BCUT2D eigenvalue weighted by Crippen LogP contribution is -2.42. The highest BCUT2D eigenvalue weighted by Gasteiger charge is 2.46. The lowest BCUT2D eigenvalue weighted by atomic mass is 10.5. The van der Waals surface area contributed by atoms with E-state index >= 15 is 0 Å². The van der Waals surface area contributed by atoms with E-state index in [4.69, 9.17) is 0 Å². The number of nitrogens with one attached hydrogen (secondary N) is 1. The molecule has 1 fully saturated rings. The average molecular weight is 212 g/mol. The minimum atomic E-state index is -5.00. The van der Waals surface area contributed by atoms with Gasteiger partial charge in [0.1, 0.15) is 6.54 Å². The van der Waals surface area contributed by atoms with Crippen molar-refractivity contribution in [2.24, 2.45) is 0 Å². The van der Waals surface area contributed by atoms with Crippen molar-refractivity contribution < 1.29 is 22.8 Å². The van der Waals surface area contributed by atoms with Crippen LogP contribution in [0.2, 0.25) is 0 Å². The Bertz CT molecular complexity index is 288. The zero-order valence-electron chi connectivity index (χ0n) is 6.01. The van der Waals surface area contributed by atoms with Crippen LogP contribution in [0.15, 0.2) is 0 Å². The molecule has 0 saturated carbocycles. The number of halogens is 3. The summed E-state index contributed by atoms with van der Waals surface area (Å²) in [4.78, 5) is 21.3. The Balaban J connectivity index is 2.80. The highest BCUT2D eigenvalue weighted by Crippen LogP contribution is 2.19. The van der Waals surface area contributed by atoms with Gasteiger partial charge in [0.15, 0.2) is 5.11 Å². The van der Waals surface area contributed by atoms with Gasteiger partial charge in [-0.15, -0.1) is 0 Å². The number of thiocarbonyl (C=S) groups is 1. The second kappa shape index (κ2) is 2.95. The zero-order valence-corrected chi connectivity index (χ0v) is 6.83. The van der Waals surface area contributed by atoms with Crippen LogP contribution in [-0.4, -0.2) is 34.5 Å². The molecule has 13 heavy (non-hydrogen) atoms. The van der Waals surface area contributed by atoms with Crippen LogP contribution >= 0.6 is 12.2 Å². The third kappa shape index (κ3) is 1.94. The summed E-state index contributed by atoms with van der Waals surface area (Å²) in [6.07, 6.45) is -5.00. The number of alkyl halides is 3. The van der Waals surface area contributed by atoms with Gasteiger partial charge in [-0.2, -0.15) is 13.2 Å². The van der Waals surface area contributed by atoms with Gasteiger partial charge in [0.2, 0.25) is 5.91 Å². The van der Waals surface area contributed by atoms with E-state index < -0.39 is 29.6 Å². The first-order chi connectivity index (χ1) is 5.82. The van der Waals surface area contributed by atoms with Crippen LogP contribution in [0.1, 0.15) is 0 Å². The van der Waals surface area contributed by atoms with Crippen molar-refractivity contribution in [1.82, 2.24) is 10.2 Å². The number of nitrogens with zero attached hydrogens (tertiary/aromatic N) is 1. The summed E-state index contributed by atoms with van der Waals surface area (Å²) in [7, 11) is 0. The monoisotopic (exact) mass is 212 g/mol. The van der Waals surface area contributed by atoms with E-state index in [9.17, 15) is 22.8 Å². The Morgan fingerprint density at radius 1 is 1.54 bits per heavy atom. The van der Waals surface area contributed by atoms with Crippen molar-refractivity contribution in [1.29, 1.82) is 0 Å². The Morgan fingerprint density at radius 3 is 2.38 bits per heavy atom. The Kier molecular flexibility index (Phi) is 2.24. The van der Waals surface area contributed by atoms with Crippen molar-refractivity contribution in [2.45, 2.75) is 6.18 Å². The van der Waals surface area contributed by atoms with Crippen molar-refractivity contribution in [3.05, 3.63) is 0 Å². The van der Waals surface area contributed by atoms with Gasteiger partial charge in [-0.25, -0.2) is 0 Å². The molecular weight excluding hydrogens is 209 g/mol. The van der Waals surface area contributed by atoms with Gasteiger partial charge in [0.05, 0.1) is 0 Å². The summed E-state index contributed by atoms with van der Waals surface area (Å²) >= 11 is 4.34. The van der Waals surface area contributed by atoms with Crippen LogP contribution in [0.4, 0.5) is 13.2 Å². The third-order valence-electron chi connectivity index (χ3n) is 1.28. The van der Waals surface area contributed by atoms with Crippen LogP contribution in [0, 0.1) is 0 Å². The molecule has 0 aromatic rings. The van der Waals surface area contributed by atoms with Gasteiger partial charge in [0, 0.05) is 0 Å². The predicted molar refractivity (Wildman–Crippen MR) is 38.5 cm³/mol. The van der Waals surface area contributed by atoms with E-state index in [1.807, 2.05) is 5.32 Å². The molecule has 1 aliphatic rings. The number of rotatable bonds is 0. The van der Waals surface area contributed by atoms with Crippen LogP contribution < -0.4 is 5.32 Å². The maximum Gasteiger partial charge on any atom is 0.471 e. The molecule has 1 rings (SSSR count). The Labute approximate surface area is 75.7 Å². The molecule has 2 amide bonds. The highest BCUT2D eigenvalue weighted by molar-refractivity contribution is 7.80. The molecule has 0 aromatic carbocycles. The highest BCUT2D eigenvalue weighted by atomic mass is 32.1. The lowest BCUT2D eigenvalue weighted by molar-refractivity contribution is -0.180. The SMILES string of the molecule is O=C1CN(C(=O)C(F)(F)F)C(=S)N1. The van der Waals surface area contributed by atoms with Crippen LogP contribution in [0.3, 0.4) is 0 Å². The van der Waals surface area contributed by atoms with Gasteiger partial charge < -0.3 is 5.32 Å². The van der Waals surface area contributed by atoms with Gasteiger partial charge in [-0.3, -0.25) is 14.5 Å². The molecule has 1 saturated heterocycles. The van der Waals surface area contributed by atoms with Crippen molar-refractivity contribution in [3.63, 3.8) is 0 Å². The summed E-state index contributed by atoms with van der Waals surface area (Å²) in [5, 5.41) is 1.41. The maximum atomic E-state index is 11.8. The molecule has 1 aliphatic heterocycles. The van der Waals surface area contributed by atoms with Gasteiger partial charge >= 0.3 is 12.1 Å². The molecule has 0 atom stereocenters. The molecule has 8 heteroatoms. The molecule has 0 unspecified atom stereocenters. The van der Waals surface area contributed by atoms with E-state index in [1.54, 1.807) is 0 Å². The summed E-state index contributed by atoms with van der Waals surface area (Å²) in [6.45, 7) is -0.669. The zero-order chi connectivity index (χ0) is 10.2. The molecule has 0 bridgehead atoms. The normalized spacial score (nSPS) is 17.6. The number of hydrogen-bond acceptors (Lipinski definition) is 3. The number of amides is 2. The predicted octanol–water partition coefficient (Wildman–Crippen LogP) is -0.208. The summed E-state index contributed by atoms with van der Waals surface area (Å²) in [6, 6.07) is 0. The molecule has 72 valence electrons. The van der Waals surface area contributed by atoms with E-state index in [0.717, 1.165) is 0 Å². The quantitative estimate of drug-likeness (QED) is 0.565. The second-order valence-electron chi connectivity index (χ2n) is 2.24. The molecule has 0 aliphatic carbocycles. The van der Waals surface area contributed by atoms with E-state index in [2.05, 4.69) is 12.2 Å². The van der Waals surface area contributed by atoms with Crippen molar-refractivity contribution >= 4 is 29.1 Å². The van der Waals surface area contributed by atoms with Gasteiger partial charge in [-0.1, -0.05) is 0 Å². The van der Waals surface area contributed by atoms with Crippen molar-refractivity contribution in [3.8, 4) is 0 Å². The van der Waals surface area contributed by atoms with Crippen LogP contribution in [-0.2, 0) is 9.59 Å². The minimum absolute atomic E-state index is 0.178. The Morgan fingerprint density at radius 2 is 2.08 bits per heavy atom. The van der Waals surface area contributed by atoms with Crippen molar-refractivity contribution in [2.75, 3.05) is 6.54 Å². The smallest absolute Gasteiger partial charge is 0.301 e. The molecule has 1 heterocycles. The molecule has 1 N–H and O–H groups in total. The first-order valence-electron chi connectivity index (χ1n) is 3.05. The second-order valence-corrected chi connectivity index (χ2v) is 2.63. The summed E-state index contributed by atoms with van der Waals surface area (Å²) in [5.74, 6) is -2.85. The Hall–Kier alpha value is -1.18. The fraction of sp³-hybridized carbons (Fsp3) is 0.400. The summed E-state index contributed by atoms with van der Waals surface area (Å²) in [5.41, 5.74) is 0. The number of carbonyl (C=O) groups is 2. The van der Waals surface area contributed by atoms with E-state index in [-0.39, 0.29) is 4.90 Å². The fourth-order valence-corrected chi connectivity index (χ4v) is 1.02. The maximum absolute atomic E-state index is 11.8. The van der Waals surface area contributed by atoms with Crippen LogP contribution in [0.5, 0.6) is 0 Å². The number of carbonyl (C=O) groups excluding carboxylic acids is 2. The van der Waals surface area contributed by atoms with Crippen LogP contribution in [0.25, 0.3) is 0 Å². The first-order valence-corrected chi connectivity index (χ1v) is 3.45. The first kappa shape index (κ1) is 9.90. The largest absolute Gasteiger partial charge is 0.471 e. The van der Waals surface area contributed by atoms with Gasteiger partial charge in [0.25, 0.3) is 0 Å². The van der Waals surface area contributed by atoms with Gasteiger partial charge in [-0.05, 0) is 12.2 Å². The molecule has 0 aromatic heterocycles. The average Bonchev–Trinajstić information content (AvgIpc) is 2.26. The van der Waals surface area contributed by atoms with E-state index in [0.29, 0.717) is 0 Å². The van der Waals surface area contributed by atoms with E-state index in [1.165, 1.54) is 0 Å². The fourth-order valence-electron chi connectivity index (χ4n) is 0.759. The third-order valence-corrected chi connectivity index (χ3v) is 1.60. The molecular formula is C5H3F3N2O2S. The molecule has 0 radical (unpaired) electrons. The standard InChI is InChI=1S/C5H3F3N2O2S/c6-5(7,8)3(12)10-1-2(11)9-4(10)13/h1H2,(H,9,11,13). The molecule has 0 spiro atoms.